The summed E-state index contributed by atoms with van der Waals surface area (Å²) in [6.07, 6.45) is 1.40. The monoisotopic (exact) mass is 441 g/mol. The van der Waals surface area contributed by atoms with Crippen LogP contribution in [0.4, 0.5) is 10.1 Å². The zero-order valence-corrected chi connectivity index (χ0v) is 18.7. The average Bonchev–Trinajstić information content (AvgIpc) is 3.04. The number of carbonyl (C=O) groups excluding carboxylic acids is 1. The van der Waals surface area contributed by atoms with E-state index in [2.05, 4.69) is 10.4 Å². The van der Waals surface area contributed by atoms with E-state index < -0.39 is 17.4 Å². The maximum Gasteiger partial charge on any atom is 0.350 e. The molecule has 0 aliphatic heterocycles. The van der Waals surface area contributed by atoms with Crippen LogP contribution < -0.4 is 21.5 Å². The van der Waals surface area contributed by atoms with E-state index in [1.807, 2.05) is 32.9 Å². The van der Waals surface area contributed by atoms with Crippen LogP contribution in [-0.2, 0) is 13.6 Å². The van der Waals surface area contributed by atoms with Crippen molar-refractivity contribution in [2.45, 2.75) is 46.3 Å². The van der Waals surface area contributed by atoms with E-state index in [0.717, 1.165) is 29.2 Å². The van der Waals surface area contributed by atoms with Gasteiger partial charge in [0.05, 0.1) is 18.2 Å². The van der Waals surface area contributed by atoms with Crippen LogP contribution in [0, 0.1) is 12.7 Å². The Hall–Kier alpha value is -3.46. The van der Waals surface area contributed by atoms with Crippen LogP contribution in [0.25, 0.3) is 5.69 Å². The number of benzene rings is 2. The first-order valence-electron chi connectivity index (χ1n) is 10.5. The van der Waals surface area contributed by atoms with Gasteiger partial charge in [0.1, 0.15) is 23.1 Å². The largest absolute Gasteiger partial charge is 0.490 e. The zero-order chi connectivity index (χ0) is 23.4. The van der Waals surface area contributed by atoms with E-state index in [9.17, 15) is 9.59 Å². The lowest BCUT2D eigenvalue weighted by molar-refractivity contribution is 0.101. The highest BCUT2D eigenvalue weighted by Crippen LogP contribution is 2.28. The van der Waals surface area contributed by atoms with Gasteiger partial charge in [0, 0.05) is 18.8 Å². The molecule has 170 valence electrons. The van der Waals surface area contributed by atoms with E-state index in [1.54, 1.807) is 12.1 Å². The molecule has 0 aliphatic rings. The number of para-hydroxylation sites is 1. The molecular weight excluding hydrogens is 413 g/mol. The second kappa shape index (κ2) is 9.78. The van der Waals surface area contributed by atoms with Gasteiger partial charge in [-0.25, -0.2) is 9.18 Å². The summed E-state index contributed by atoms with van der Waals surface area (Å²) in [5.74, 6) is -0.823. The molecule has 1 atom stereocenters. The molecule has 1 unspecified atom stereocenters. The normalized spacial score (nSPS) is 11.9. The van der Waals surface area contributed by atoms with E-state index >= 15 is 4.39 Å². The molecule has 8 nitrogen and oxygen atoms in total. The molecule has 3 N–H and O–H groups in total. The van der Waals surface area contributed by atoms with Crippen LogP contribution in [0.1, 0.15) is 48.4 Å². The van der Waals surface area contributed by atoms with Crippen molar-refractivity contribution in [3.63, 3.8) is 0 Å². The number of nitrogens with zero attached hydrogens (tertiary/aromatic N) is 3. The Labute approximate surface area is 185 Å². The van der Waals surface area contributed by atoms with Crippen molar-refractivity contribution < 1.29 is 13.9 Å². The van der Waals surface area contributed by atoms with Gasteiger partial charge in [-0.1, -0.05) is 31.5 Å². The number of halogens is 1. The summed E-state index contributed by atoms with van der Waals surface area (Å²) >= 11 is 0. The maximum absolute atomic E-state index is 15.1. The third-order valence-corrected chi connectivity index (χ3v) is 5.19. The van der Waals surface area contributed by atoms with Crippen LogP contribution in [0.15, 0.2) is 41.2 Å². The van der Waals surface area contributed by atoms with Crippen molar-refractivity contribution in [1.82, 2.24) is 14.3 Å². The van der Waals surface area contributed by atoms with Crippen LogP contribution in [0.3, 0.4) is 0 Å². The van der Waals surface area contributed by atoms with Crippen LogP contribution in [0.5, 0.6) is 5.75 Å². The van der Waals surface area contributed by atoms with Crippen LogP contribution >= 0.6 is 0 Å². The summed E-state index contributed by atoms with van der Waals surface area (Å²) in [6.45, 7) is 5.77. The number of amides is 1. The van der Waals surface area contributed by atoms with Crippen molar-refractivity contribution in [3.05, 3.63) is 69.7 Å². The summed E-state index contributed by atoms with van der Waals surface area (Å²) in [5, 5.41) is 6.92. The standard InChI is InChI=1S/C23H28FN5O3/c1-5-8-15(3)32-20-12-19(29-23(31)28(4)21(13-25)27-29)17(24)11-16(20)22(30)26-18-10-7-6-9-14(18)2/h6-7,9-12,15H,5,8,13,25H2,1-4H3,(H,26,30). The van der Waals surface area contributed by atoms with Gasteiger partial charge in [0.25, 0.3) is 5.91 Å². The molecule has 0 spiro atoms. The van der Waals surface area contributed by atoms with Crippen molar-refractivity contribution in [2.24, 2.45) is 12.8 Å². The molecule has 0 fully saturated rings. The Bertz CT molecular complexity index is 1180. The fourth-order valence-electron chi connectivity index (χ4n) is 3.38. The molecule has 0 aliphatic carbocycles. The minimum absolute atomic E-state index is 0.0220. The quantitative estimate of drug-likeness (QED) is 0.558. The molecule has 1 aromatic heterocycles. The van der Waals surface area contributed by atoms with Gasteiger partial charge in [-0.3, -0.25) is 9.36 Å². The summed E-state index contributed by atoms with van der Waals surface area (Å²) in [4.78, 5) is 25.6. The van der Waals surface area contributed by atoms with Gasteiger partial charge in [0.2, 0.25) is 0 Å². The van der Waals surface area contributed by atoms with Gasteiger partial charge in [-0.15, -0.1) is 5.10 Å². The first kappa shape index (κ1) is 23.2. The molecular formula is C23H28FN5O3. The predicted octanol–water partition coefficient (Wildman–Crippen LogP) is 3.30. The third-order valence-electron chi connectivity index (χ3n) is 5.19. The first-order chi connectivity index (χ1) is 15.3. The zero-order valence-electron chi connectivity index (χ0n) is 18.7. The fourth-order valence-corrected chi connectivity index (χ4v) is 3.38. The van der Waals surface area contributed by atoms with Crippen LogP contribution in [-0.4, -0.2) is 26.4 Å². The number of carbonyl (C=O) groups is 1. The van der Waals surface area contributed by atoms with Crippen molar-refractivity contribution in [1.29, 1.82) is 0 Å². The second-order valence-electron chi connectivity index (χ2n) is 7.66. The van der Waals surface area contributed by atoms with Crippen molar-refractivity contribution >= 4 is 11.6 Å². The highest BCUT2D eigenvalue weighted by atomic mass is 19.1. The highest BCUT2D eigenvalue weighted by Gasteiger charge is 2.22. The number of nitrogens with two attached hydrogens (primary N) is 1. The molecule has 0 saturated heterocycles. The Morgan fingerprint density at radius 3 is 2.66 bits per heavy atom. The van der Waals surface area contributed by atoms with Gasteiger partial charge in [-0.05, 0) is 38.0 Å². The molecule has 1 amide bonds. The topological polar surface area (TPSA) is 104 Å². The van der Waals surface area contributed by atoms with E-state index in [-0.39, 0.29) is 29.6 Å². The molecule has 3 rings (SSSR count). The minimum Gasteiger partial charge on any atom is -0.490 e. The van der Waals surface area contributed by atoms with Gasteiger partial charge in [0.15, 0.2) is 0 Å². The molecule has 3 aromatic rings. The average molecular weight is 442 g/mol. The van der Waals surface area contributed by atoms with Gasteiger partial charge >= 0.3 is 5.69 Å². The van der Waals surface area contributed by atoms with E-state index in [0.29, 0.717) is 11.5 Å². The van der Waals surface area contributed by atoms with E-state index in [1.165, 1.54) is 17.7 Å². The molecule has 9 heteroatoms. The molecule has 0 saturated carbocycles. The Morgan fingerprint density at radius 1 is 1.31 bits per heavy atom. The molecule has 2 aromatic carbocycles. The lowest BCUT2D eigenvalue weighted by Gasteiger charge is -2.18. The number of aryl methyl sites for hydroxylation is 1. The fraction of sp³-hybridized carbons (Fsp3) is 0.348. The number of anilines is 1. The van der Waals surface area contributed by atoms with Crippen molar-refractivity contribution in [3.8, 4) is 11.4 Å². The Morgan fingerprint density at radius 2 is 2.03 bits per heavy atom. The Kier molecular flexibility index (Phi) is 7.09. The second-order valence-corrected chi connectivity index (χ2v) is 7.66. The lowest BCUT2D eigenvalue weighted by Crippen LogP contribution is -2.24. The van der Waals surface area contributed by atoms with E-state index in [4.69, 9.17) is 10.5 Å². The molecule has 0 bridgehead atoms. The number of rotatable bonds is 8. The number of hydrogen-bond donors (Lipinski definition) is 2. The van der Waals surface area contributed by atoms with Gasteiger partial charge in [-0.2, -0.15) is 4.68 Å². The summed E-state index contributed by atoms with van der Waals surface area (Å²) in [5.41, 5.74) is 6.47. The Balaban J connectivity index is 2.09. The minimum atomic E-state index is -0.779. The first-order valence-corrected chi connectivity index (χ1v) is 10.5. The van der Waals surface area contributed by atoms with Crippen LogP contribution in [0.2, 0.25) is 0 Å². The third kappa shape index (κ3) is 4.72. The maximum atomic E-state index is 15.1. The summed E-state index contributed by atoms with van der Waals surface area (Å²) in [7, 11) is 1.51. The lowest BCUT2D eigenvalue weighted by atomic mass is 10.1. The summed E-state index contributed by atoms with van der Waals surface area (Å²) < 4.78 is 23.3. The summed E-state index contributed by atoms with van der Waals surface area (Å²) in [6, 6.07) is 9.70. The number of aromatic nitrogens is 3. The van der Waals surface area contributed by atoms with Crippen molar-refractivity contribution in [2.75, 3.05) is 5.32 Å². The number of hydrogen-bond acceptors (Lipinski definition) is 5. The SMILES string of the molecule is CCCC(C)Oc1cc(-n2nc(CN)n(C)c2=O)c(F)cc1C(=O)Nc1ccccc1C. The molecule has 0 radical (unpaired) electrons. The number of nitrogens with one attached hydrogen (secondary N) is 1. The molecule has 32 heavy (non-hydrogen) atoms. The smallest absolute Gasteiger partial charge is 0.350 e. The highest BCUT2D eigenvalue weighted by molar-refractivity contribution is 6.06. The molecule has 1 heterocycles. The number of ether oxygens (including phenoxy) is 1. The predicted molar refractivity (Wildman–Crippen MR) is 121 cm³/mol. The van der Waals surface area contributed by atoms with Gasteiger partial charge < -0.3 is 15.8 Å².